The molecule has 0 saturated carbocycles. The number of anilines is 1. The maximum atomic E-state index is 13.9. The highest BCUT2D eigenvalue weighted by Gasteiger charge is 2.40. The van der Waals surface area contributed by atoms with E-state index in [1.54, 1.807) is 13.0 Å². The summed E-state index contributed by atoms with van der Waals surface area (Å²) in [6, 6.07) is 14.0. The topological polar surface area (TPSA) is 87.0 Å². The van der Waals surface area contributed by atoms with Gasteiger partial charge in [0.2, 0.25) is 11.2 Å². The van der Waals surface area contributed by atoms with Gasteiger partial charge in [0.1, 0.15) is 11.3 Å². The molecule has 7 nitrogen and oxygen atoms in total. The minimum atomic E-state index is -5.06. The minimum Gasteiger partial charge on any atom is -0.490 e. The monoisotopic (exact) mass is 567 g/mol. The second-order valence-corrected chi connectivity index (χ2v) is 8.59. The highest BCUT2D eigenvalue weighted by atomic mass is 35.5. The average Bonchev–Trinajstić information content (AvgIpc) is 2.84. The number of alkyl halides is 3. The first-order chi connectivity index (χ1) is 18.0. The fourth-order valence-electron chi connectivity index (χ4n) is 3.42. The zero-order chi connectivity index (χ0) is 27.4. The molecule has 4 rings (SSSR count). The zero-order valence-corrected chi connectivity index (χ0v) is 21.0. The van der Waals surface area contributed by atoms with Crippen LogP contribution in [0.5, 0.6) is 23.0 Å². The molecule has 0 aliphatic rings. The summed E-state index contributed by atoms with van der Waals surface area (Å²) in [5, 5.41) is 2.96. The molecule has 0 unspecified atom stereocenters. The lowest BCUT2D eigenvalue weighted by Gasteiger charge is -2.15. The lowest BCUT2D eigenvalue weighted by atomic mass is 10.2. The third-order valence-electron chi connectivity index (χ3n) is 4.96. The van der Waals surface area contributed by atoms with E-state index in [-0.39, 0.29) is 29.2 Å². The summed E-state index contributed by atoms with van der Waals surface area (Å²) in [4.78, 5) is 25.3. The number of carbonyl (C=O) groups is 1. The Morgan fingerprint density at radius 1 is 0.974 bits per heavy atom. The molecule has 3 aromatic carbocycles. The molecule has 1 amide bonds. The number of nitrogens with one attached hydrogen (secondary N) is 1. The summed E-state index contributed by atoms with van der Waals surface area (Å²) < 4.78 is 62.8. The van der Waals surface area contributed by atoms with E-state index in [2.05, 4.69) is 5.32 Å². The quantitative estimate of drug-likeness (QED) is 0.240. The summed E-state index contributed by atoms with van der Waals surface area (Å²) >= 11 is 11.8. The van der Waals surface area contributed by atoms with Crippen molar-refractivity contribution in [3.05, 3.63) is 86.7 Å². The second kappa shape index (κ2) is 11.2. The van der Waals surface area contributed by atoms with Crippen molar-refractivity contribution in [1.82, 2.24) is 0 Å². The van der Waals surface area contributed by atoms with E-state index in [4.69, 9.17) is 41.8 Å². The summed E-state index contributed by atoms with van der Waals surface area (Å²) in [5.41, 5.74) is -1.13. The molecule has 4 aromatic rings. The van der Waals surface area contributed by atoms with E-state index in [1.807, 2.05) is 0 Å². The molecule has 0 bridgehead atoms. The van der Waals surface area contributed by atoms with Gasteiger partial charge in [-0.05, 0) is 49.4 Å². The van der Waals surface area contributed by atoms with Crippen LogP contribution in [0.4, 0.5) is 18.9 Å². The molecule has 0 aliphatic carbocycles. The maximum absolute atomic E-state index is 13.9. The van der Waals surface area contributed by atoms with Crippen molar-refractivity contribution in [1.29, 1.82) is 0 Å². The number of fused-ring (bicyclic) bond motifs is 1. The van der Waals surface area contributed by atoms with Gasteiger partial charge in [-0.3, -0.25) is 9.59 Å². The Morgan fingerprint density at radius 3 is 2.32 bits per heavy atom. The molecular weight excluding hydrogens is 550 g/mol. The Balaban J connectivity index is 1.61. The van der Waals surface area contributed by atoms with Gasteiger partial charge >= 0.3 is 6.18 Å². The highest BCUT2D eigenvalue weighted by molar-refractivity contribution is 6.35. The van der Waals surface area contributed by atoms with Gasteiger partial charge in [-0.2, -0.15) is 13.2 Å². The predicted octanol–water partition coefficient (Wildman–Crippen LogP) is 7.33. The molecule has 1 aromatic heterocycles. The van der Waals surface area contributed by atoms with Gasteiger partial charge in [-0.25, -0.2) is 0 Å². The van der Waals surface area contributed by atoms with Gasteiger partial charge in [0, 0.05) is 21.8 Å². The Hall–Kier alpha value is -3.89. The van der Waals surface area contributed by atoms with Crippen LogP contribution in [0.3, 0.4) is 0 Å². The standard InChI is InChI=1S/C26H18Cl2F3NO6/c1-2-35-19-5-3-4-6-20(19)37-24-23(34)18-8-7-17(12-21(18)38-25(24)26(29,30)31)36-13-22(33)32-16-10-14(27)9-15(28)11-16/h3-12H,2,13H2,1H3,(H,32,33). The highest BCUT2D eigenvalue weighted by Crippen LogP contribution is 2.40. The van der Waals surface area contributed by atoms with Gasteiger partial charge in [0.25, 0.3) is 11.7 Å². The SMILES string of the molecule is CCOc1ccccc1Oc1c(C(F)(F)F)oc2cc(OCC(=O)Nc3cc(Cl)cc(Cl)c3)ccc2c1=O. The van der Waals surface area contributed by atoms with Crippen LogP contribution in [-0.4, -0.2) is 19.1 Å². The Labute approximate surface area is 223 Å². The normalized spacial score (nSPS) is 11.3. The van der Waals surface area contributed by atoms with Crippen LogP contribution >= 0.6 is 23.2 Å². The number of ether oxygens (including phenoxy) is 3. The minimum absolute atomic E-state index is 0.0107. The Morgan fingerprint density at radius 2 is 1.66 bits per heavy atom. The largest absolute Gasteiger partial charge is 0.490 e. The molecular formula is C26H18Cl2F3NO6. The second-order valence-electron chi connectivity index (χ2n) is 7.72. The summed E-state index contributed by atoms with van der Waals surface area (Å²) in [6.45, 7) is 1.42. The van der Waals surface area contributed by atoms with Crippen molar-refractivity contribution in [3.63, 3.8) is 0 Å². The van der Waals surface area contributed by atoms with Gasteiger partial charge in [0.05, 0.1) is 12.0 Å². The van der Waals surface area contributed by atoms with Crippen LogP contribution in [0, 0.1) is 0 Å². The van der Waals surface area contributed by atoms with Crippen molar-refractivity contribution in [2.75, 3.05) is 18.5 Å². The van der Waals surface area contributed by atoms with E-state index in [0.29, 0.717) is 15.7 Å². The first-order valence-corrected chi connectivity index (χ1v) is 11.8. The molecule has 0 radical (unpaired) electrons. The van der Waals surface area contributed by atoms with Gasteiger partial charge < -0.3 is 23.9 Å². The number of amides is 1. The lowest BCUT2D eigenvalue weighted by Crippen LogP contribution is -2.20. The predicted molar refractivity (Wildman–Crippen MR) is 136 cm³/mol. The molecule has 12 heteroatoms. The van der Waals surface area contributed by atoms with Crippen molar-refractivity contribution in [3.8, 4) is 23.0 Å². The van der Waals surface area contributed by atoms with Crippen molar-refractivity contribution in [2.24, 2.45) is 0 Å². The summed E-state index contributed by atoms with van der Waals surface area (Å²) in [7, 11) is 0. The smallest absolute Gasteiger partial charge is 0.453 e. The van der Waals surface area contributed by atoms with Crippen LogP contribution in [0.1, 0.15) is 12.7 Å². The third-order valence-corrected chi connectivity index (χ3v) is 5.39. The molecule has 0 aliphatic heterocycles. The first-order valence-electron chi connectivity index (χ1n) is 11.0. The lowest BCUT2D eigenvalue weighted by molar-refractivity contribution is -0.154. The van der Waals surface area contributed by atoms with E-state index >= 15 is 0 Å². The molecule has 1 N–H and O–H groups in total. The van der Waals surface area contributed by atoms with Crippen LogP contribution < -0.4 is 25.0 Å². The van der Waals surface area contributed by atoms with E-state index in [0.717, 1.165) is 6.07 Å². The first kappa shape index (κ1) is 27.2. The molecule has 0 saturated heterocycles. The third kappa shape index (κ3) is 6.32. The van der Waals surface area contributed by atoms with Gasteiger partial charge in [-0.1, -0.05) is 35.3 Å². The summed E-state index contributed by atoms with van der Waals surface area (Å²) in [6.07, 6.45) is -5.06. The molecule has 0 spiro atoms. The van der Waals surface area contributed by atoms with E-state index < -0.39 is 41.2 Å². The van der Waals surface area contributed by atoms with Crippen LogP contribution in [-0.2, 0) is 11.0 Å². The summed E-state index contributed by atoms with van der Waals surface area (Å²) in [5.74, 6) is -3.19. The average molecular weight is 568 g/mol. The number of hydrogen-bond donors (Lipinski definition) is 1. The molecule has 38 heavy (non-hydrogen) atoms. The Bertz CT molecular complexity index is 1530. The zero-order valence-electron chi connectivity index (χ0n) is 19.5. The van der Waals surface area contributed by atoms with Gasteiger partial charge in [-0.15, -0.1) is 0 Å². The van der Waals surface area contributed by atoms with Crippen molar-refractivity contribution >= 4 is 45.8 Å². The number of rotatable bonds is 8. The Kier molecular flexibility index (Phi) is 8.03. The molecule has 0 atom stereocenters. The van der Waals surface area contributed by atoms with Crippen LogP contribution in [0.15, 0.2) is 69.9 Å². The van der Waals surface area contributed by atoms with Crippen LogP contribution in [0.2, 0.25) is 10.0 Å². The van der Waals surface area contributed by atoms with E-state index in [9.17, 15) is 22.8 Å². The van der Waals surface area contributed by atoms with Crippen molar-refractivity contribution in [2.45, 2.75) is 13.1 Å². The fourth-order valence-corrected chi connectivity index (χ4v) is 3.94. The number of para-hydroxylation sites is 2. The number of hydrogen-bond acceptors (Lipinski definition) is 6. The molecule has 0 fully saturated rings. The van der Waals surface area contributed by atoms with Gasteiger partial charge in [0.15, 0.2) is 18.1 Å². The molecule has 1 heterocycles. The number of benzene rings is 3. The van der Waals surface area contributed by atoms with Crippen LogP contribution in [0.25, 0.3) is 11.0 Å². The number of carbonyl (C=O) groups excluding carboxylic acids is 1. The molecule has 198 valence electrons. The fraction of sp³-hybridized carbons (Fsp3) is 0.154. The van der Waals surface area contributed by atoms with Crippen molar-refractivity contribution < 1.29 is 36.6 Å². The maximum Gasteiger partial charge on any atom is 0.453 e. The van der Waals surface area contributed by atoms with E-state index in [1.165, 1.54) is 48.5 Å². The number of halogens is 5.